The summed E-state index contributed by atoms with van der Waals surface area (Å²) < 4.78 is 8.71. The van der Waals surface area contributed by atoms with Crippen LogP contribution >= 0.6 is 0 Å². The Morgan fingerprint density at radius 3 is 1.91 bits per heavy atom. The third-order valence-electron chi connectivity index (χ3n) is 1.64. The molecule has 0 aromatic heterocycles. The predicted molar refractivity (Wildman–Crippen MR) is 71.9 cm³/mol. The Morgan fingerprint density at radius 1 is 1.26 bits per heavy atom. The fraction of sp³-hybridized carbons (Fsp3) is 0.500. The number of ether oxygens (including phenoxy) is 2. The summed E-state index contributed by atoms with van der Waals surface area (Å²) in [4.78, 5) is 39.3. The van der Waals surface area contributed by atoms with E-state index >= 15 is 0 Å². The first kappa shape index (κ1) is 29.6. The molecule has 0 aromatic rings. The maximum Gasteiger partial charge on any atom is 0.327 e. The summed E-state index contributed by atoms with van der Waals surface area (Å²) in [6, 6.07) is 0. The normalized spacial score (nSPS) is 10.2. The first-order chi connectivity index (χ1) is 9.83. The number of hydrogen-bond acceptors (Lipinski definition) is 7. The zero-order chi connectivity index (χ0) is 16.7. The van der Waals surface area contributed by atoms with Crippen molar-refractivity contribution >= 4 is 23.9 Å². The molecule has 1 heterocycles. The van der Waals surface area contributed by atoms with E-state index in [1.165, 1.54) is 0 Å². The summed E-state index contributed by atoms with van der Waals surface area (Å²) in [6.45, 7) is 3.20. The number of aliphatic hydroxyl groups excluding tert-OH is 1. The van der Waals surface area contributed by atoms with Gasteiger partial charge in [0.1, 0.15) is 13.2 Å². The average Bonchev–Trinajstić information content (AvgIpc) is 2.37. The largest absolute Gasteiger partial charge is 0.481 e. The van der Waals surface area contributed by atoms with Gasteiger partial charge in [-0.15, -0.1) is 0 Å². The van der Waals surface area contributed by atoms with Crippen molar-refractivity contribution in [3.05, 3.63) is 12.7 Å². The number of carbonyl (C=O) groups is 4. The fourth-order valence-electron chi connectivity index (χ4n) is 0.601. The van der Waals surface area contributed by atoms with E-state index in [1.807, 2.05) is 0 Å². The molecule has 1 fully saturated rings. The molecule has 1 radical (unpaired) electrons. The number of cyclic esters (lactones) is 1. The third kappa shape index (κ3) is 29.3. The van der Waals surface area contributed by atoms with Gasteiger partial charge in [-0.1, -0.05) is 6.58 Å². The molecule has 10 nitrogen and oxygen atoms in total. The first-order valence-electron chi connectivity index (χ1n) is 5.82. The van der Waals surface area contributed by atoms with Crippen LogP contribution in [0.5, 0.6) is 0 Å². The molecule has 11 heteroatoms. The summed E-state index contributed by atoms with van der Waals surface area (Å²) >= 11 is 0. The van der Waals surface area contributed by atoms with E-state index in [1.54, 1.807) is 0 Å². The quantitative estimate of drug-likeness (QED) is 0.354. The minimum atomic E-state index is -1.01. The van der Waals surface area contributed by atoms with Crippen LogP contribution in [0.15, 0.2) is 12.7 Å². The van der Waals surface area contributed by atoms with Gasteiger partial charge in [-0.25, -0.2) is 4.79 Å². The Bertz CT molecular complexity index is 363. The molecule has 0 saturated carbocycles. The smallest absolute Gasteiger partial charge is 0.327 e. The molecule has 1 rings (SSSR count). The van der Waals surface area contributed by atoms with Gasteiger partial charge in [0.2, 0.25) is 0 Å². The molecule has 0 spiro atoms. The second-order valence-electron chi connectivity index (χ2n) is 3.35. The molecular formula is C12H20O10Y. The van der Waals surface area contributed by atoms with Crippen LogP contribution in [0, 0.1) is 0 Å². The number of aliphatic carboxylic acids is 2. The van der Waals surface area contributed by atoms with E-state index < -0.39 is 17.9 Å². The van der Waals surface area contributed by atoms with Gasteiger partial charge in [0, 0.05) is 38.8 Å². The van der Waals surface area contributed by atoms with Gasteiger partial charge in [-0.2, -0.15) is 0 Å². The van der Waals surface area contributed by atoms with Crippen LogP contribution in [0.3, 0.4) is 0 Å². The molecule has 0 unspecified atom stereocenters. The minimum Gasteiger partial charge on any atom is -0.481 e. The van der Waals surface area contributed by atoms with Gasteiger partial charge < -0.3 is 30.3 Å². The van der Waals surface area contributed by atoms with E-state index in [-0.39, 0.29) is 70.2 Å². The first-order valence-corrected chi connectivity index (χ1v) is 5.82. The van der Waals surface area contributed by atoms with Crippen LogP contribution < -0.4 is 0 Å². The van der Waals surface area contributed by atoms with Gasteiger partial charge in [0.05, 0.1) is 25.9 Å². The molecule has 131 valence electrons. The molecule has 1 saturated heterocycles. The van der Waals surface area contributed by atoms with Gasteiger partial charge in [-0.05, 0) is 0 Å². The summed E-state index contributed by atoms with van der Waals surface area (Å²) in [5.74, 6) is -2.63. The van der Waals surface area contributed by atoms with Gasteiger partial charge in [0.25, 0.3) is 0 Å². The summed E-state index contributed by atoms with van der Waals surface area (Å²) in [5.41, 5.74) is 0. The molecule has 1 aliphatic rings. The number of esters is 2. The van der Waals surface area contributed by atoms with Crippen LogP contribution in [-0.4, -0.2) is 64.5 Å². The van der Waals surface area contributed by atoms with E-state index in [2.05, 4.69) is 16.1 Å². The van der Waals surface area contributed by atoms with Crippen LogP contribution in [-0.2, 0) is 61.4 Å². The van der Waals surface area contributed by atoms with Gasteiger partial charge in [-0.3, -0.25) is 14.4 Å². The molecule has 0 atom stereocenters. The Balaban J connectivity index is -0.000000127. The van der Waals surface area contributed by atoms with Crippen LogP contribution in [0.1, 0.15) is 19.3 Å². The topological polar surface area (TPSA) is 179 Å². The Hall–Kier alpha value is -1.36. The van der Waals surface area contributed by atoms with Gasteiger partial charge >= 0.3 is 23.9 Å². The number of hydrogen-bond donors (Lipinski definition) is 3. The van der Waals surface area contributed by atoms with Crippen molar-refractivity contribution in [2.24, 2.45) is 0 Å². The number of carbonyl (C=O) groups excluding carboxylic acids is 2. The van der Waals surface area contributed by atoms with Crippen molar-refractivity contribution in [3.8, 4) is 0 Å². The van der Waals surface area contributed by atoms with Crippen molar-refractivity contribution < 1.29 is 82.2 Å². The van der Waals surface area contributed by atoms with E-state index in [9.17, 15) is 19.2 Å². The number of rotatable bonds is 6. The Labute approximate surface area is 157 Å². The van der Waals surface area contributed by atoms with Crippen LogP contribution in [0.2, 0.25) is 0 Å². The van der Waals surface area contributed by atoms with Crippen molar-refractivity contribution in [2.75, 3.05) is 19.8 Å². The van der Waals surface area contributed by atoms with Crippen molar-refractivity contribution in [2.45, 2.75) is 19.3 Å². The third-order valence-corrected chi connectivity index (χ3v) is 1.64. The molecule has 1 aliphatic heterocycles. The predicted octanol–water partition coefficient (Wildman–Crippen LogP) is -1.25. The summed E-state index contributed by atoms with van der Waals surface area (Å²) in [6.07, 6.45) is 1.18. The number of carboxylic acid groups (broad SMARTS) is 2. The SMILES string of the molecule is C=CC(=O)O.O.O=C(O)CCOC(=O)CCO.O=C1CCO1.[Y]. The van der Waals surface area contributed by atoms with Crippen molar-refractivity contribution in [1.29, 1.82) is 0 Å². The molecule has 23 heavy (non-hydrogen) atoms. The van der Waals surface area contributed by atoms with E-state index in [0.717, 1.165) is 6.08 Å². The Morgan fingerprint density at radius 2 is 1.70 bits per heavy atom. The molecular weight excluding hydrogens is 393 g/mol. The monoisotopic (exact) mass is 413 g/mol. The maximum atomic E-state index is 10.4. The maximum absolute atomic E-state index is 10.4. The summed E-state index contributed by atoms with van der Waals surface area (Å²) in [7, 11) is 0. The zero-order valence-corrected chi connectivity index (χ0v) is 15.2. The minimum absolute atomic E-state index is 0. The number of carboxylic acids is 2. The molecule has 5 N–H and O–H groups in total. The zero-order valence-electron chi connectivity index (χ0n) is 12.4. The standard InChI is InChI=1S/C6H10O5.2C3H4O2.H2O.Y/c7-3-1-6(10)11-4-2-5(8)9;4-3-1-2-5-3;1-2-3(4)5;;/h7H,1-4H2,(H,8,9);1-2H2;2H,1H2,(H,4,5);1H2;. The van der Waals surface area contributed by atoms with Crippen molar-refractivity contribution in [3.63, 3.8) is 0 Å². The van der Waals surface area contributed by atoms with Gasteiger partial charge in [0.15, 0.2) is 0 Å². The fourth-order valence-corrected chi connectivity index (χ4v) is 0.601. The number of aliphatic hydroxyl groups is 1. The second kappa shape index (κ2) is 20.6. The average molecular weight is 413 g/mol. The molecule has 0 aromatic carbocycles. The van der Waals surface area contributed by atoms with Crippen molar-refractivity contribution in [1.82, 2.24) is 0 Å². The molecule has 0 aliphatic carbocycles. The summed E-state index contributed by atoms with van der Waals surface area (Å²) in [5, 5.41) is 23.9. The van der Waals surface area contributed by atoms with Crippen LogP contribution in [0.25, 0.3) is 0 Å². The van der Waals surface area contributed by atoms with E-state index in [4.69, 9.17) is 15.3 Å². The second-order valence-corrected chi connectivity index (χ2v) is 3.35. The Kier molecular flexibility index (Phi) is 26.6. The molecule has 0 bridgehead atoms. The molecule has 0 amide bonds. The van der Waals surface area contributed by atoms with Crippen LogP contribution in [0.4, 0.5) is 0 Å². The van der Waals surface area contributed by atoms with E-state index in [0.29, 0.717) is 13.0 Å².